The van der Waals surface area contributed by atoms with E-state index < -0.39 is 0 Å². The zero-order chi connectivity index (χ0) is 19.0. The number of thioether (sulfide) groups is 3. The molecule has 4 nitrogen and oxygen atoms in total. The third-order valence-electron chi connectivity index (χ3n) is 5.08. The van der Waals surface area contributed by atoms with Crippen molar-refractivity contribution < 1.29 is 14.2 Å². The molecule has 0 saturated heterocycles. The lowest BCUT2D eigenvalue weighted by atomic mass is 10.0. The van der Waals surface area contributed by atoms with Gasteiger partial charge in [-0.15, -0.1) is 35.3 Å². The Bertz CT molecular complexity index is 962. The van der Waals surface area contributed by atoms with Gasteiger partial charge in [0.05, 0.1) is 0 Å². The lowest BCUT2D eigenvalue weighted by molar-refractivity contribution is 0.414. The topological polar surface area (TPSA) is 30.9 Å². The van der Waals surface area contributed by atoms with E-state index in [-0.39, 0.29) is 0 Å². The van der Waals surface area contributed by atoms with E-state index in [1.54, 1.807) is 35.3 Å². The summed E-state index contributed by atoms with van der Waals surface area (Å²) in [4.78, 5) is 5.57. The van der Waals surface area contributed by atoms with Gasteiger partial charge in [-0.1, -0.05) is 0 Å². The van der Waals surface area contributed by atoms with E-state index in [0.717, 1.165) is 66.2 Å². The maximum absolute atomic E-state index is 6.35. The SMILES string of the molecule is CSc1cc2c3c(c1)Oc1cc(SC)cc4c1N3c1c(cc(SC)cc1O4)O2. The van der Waals surface area contributed by atoms with Crippen LogP contribution in [-0.4, -0.2) is 18.8 Å². The van der Waals surface area contributed by atoms with E-state index in [9.17, 15) is 0 Å². The van der Waals surface area contributed by atoms with Crippen molar-refractivity contribution in [2.24, 2.45) is 0 Å². The summed E-state index contributed by atoms with van der Waals surface area (Å²) in [5, 5.41) is 0. The Kier molecular flexibility index (Phi) is 3.58. The van der Waals surface area contributed by atoms with Crippen LogP contribution in [0.15, 0.2) is 51.1 Å². The van der Waals surface area contributed by atoms with Gasteiger partial charge >= 0.3 is 0 Å². The molecule has 0 amide bonds. The molecule has 3 aromatic rings. The summed E-state index contributed by atoms with van der Waals surface area (Å²) >= 11 is 5.03. The van der Waals surface area contributed by atoms with Crippen molar-refractivity contribution in [3.8, 4) is 34.5 Å². The summed E-state index contributed by atoms with van der Waals surface area (Å²) in [5.41, 5.74) is 2.83. The van der Waals surface area contributed by atoms with E-state index in [4.69, 9.17) is 14.2 Å². The number of anilines is 3. The summed E-state index contributed by atoms with van der Waals surface area (Å²) in [7, 11) is 0. The second-order valence-electron chi connectivity index (χ2n) is 6.56. The molecule has 0 fully saturated rings. The van der Waals surface area contributed by atoms with Crippen LogP contribution in [0.4, 0.5) is 17.1 Å². The highest BCUT2D eigenvalue weighted by Crippen LogP contribution is 2.67. The van der Waals surface area contributed by atoms with Gasteiger partial charge in [-0.3, -0.25) is 4.90 Å². The minimum Gasteiger partial charge on any atom is -0.453 e. The average Bonchev–Trinajstić information content (AvgIpc) is 2.72. The first kappa shape index (κ1) is 16.8. The lowest BCUT2D eigenvalue weighted by Crippen LogP contribution is -2.24. The molecule has 28 heavy (non-hydrogen) atoms. The van der Waals surface area contributed by atoms with Crippen LogP contribution in [0.1, 0.15) is 0 Å². The minimum atomic E-state index is 0.811. The highest BCUT2D eigenvalue weighted by molar-refractivity contribution is 7.99. The van der Waals surface area contributed by atoms with Gasteiger partial charge in [-0.25, -0.2) is 0 Å². The second kappa shape index (κ2) is 5.95. The monoisotopic (exact) mass is 425 g/mol. The van der Waals surface area contributed by atoms with Crippen LogP contribution in [0.2, 0.25) is 0 Å². The van der Waals surface area contributed by atoms with Gasteiger partial charge in [0.15, 0.2) is 34.5 Å². The number of ether oxygens (including phenoxy) is 3. The summed E-state index contributed by atoms with van der Waals surface area (Å²) < 4.78 is 19.0. The van der Waals surface area contributed by atoms with E-state index >= 15 is 0 Å². The Labute approximate surface area is 175 Å². The Morgan fingerprint density at radius 3 is 0.964 bits per heavy atom. The molecule has 3 aliphatic heterocycles. The number of hydrogen-bond donors (Lipinski definition) is 0. The van der Waals surface area contributed by atoms with Gasteiger partial charge < -0.3 is 14.2 Å². The van der Waals surface area contributed by atoms with E-state index in [1.807, 2.05) is 0 Å². The van der Waals surface area contributed by atoms with Gasteiger partial charge in [0.2, 0.25) is 0 Å². The van der Waals surface area contributed by atoms with Crippen molar-refractivity contribution in [2.45, 2.75) is 14.7 Å². The molecule has 0 spiro atoms. The molecule has 0 N–H and O–H groups in total. The molecule has 7 heteroatoms. The van der Waals surface area contributed by atoms with Crippen LogP contribution in [0, 0.1) is 0 Å². The standard InChI is InChI=1S/C21H15NO3S3/c1-26-10-4-13-19-14(5-10)24-16-7-12(28-3)9-18-21(16)22(19)20-15(23-13)6-11(27-2)8-17(20)25-18/h4-9H,1-3H3. The van der Waals surface area contributed by atoms with Crippen molar-refractivity contribution in [3.63, 3.8) is 0 Å². The lowest BCUT2D eigenvalue weighted by Gasteiger charge is -2.42. The van der Waals surface area contributed by atoms with Crippen molar-refractivity contribution in [3.05, 3.63) is 36.4 Å². The van der Waals surface area contributed by atoms with Crippen molar-refractivity contribution in [2.75, 3.05) is 23.7 Å². The van der Waals surface area contributed by atoms with Crippen molar-refractivity contribution in [1.29, 1.82) is 0 Å². The van der Waals surface area contributed by atoms with Gasteiger partial charge in [0.25, 0.3) is 0 Å². The van der Waals surface area contributed by atoms with E-state index in [2.05, 4.69) is 60.1 Å². The first-order valence-electron chi connectivity index (χ1n) is 8.70. The number of hydrogen-bond acceptors (Lipinski definition) is 7. The average molecular weight is 426 g/mol. The van der Waals surface area contributed by atoms with Gasteiger partial charge in [0.1, 0.15) is 17.1 Å². The summed E-state index contributed by atoms with van der Waals surface area (Å²) in [6, 6.07) is 12.5. The number of rotatable bonds is 3. The van der Waals surface area contributed by atoms with Crippen LogP contribution in [0.5, 0.6) is 34.5 Å². The zero-order valence-corrected chi connectivity index (χ0v) is 17.8. The molecule has 0 radical (unpaired) electrons. The third-order valence-corrected chi connectivity index (χ3v) is 7.20. The Hall–Kier alpha value is -2.09. The molecule has 140 valence electrons. The maximum Gasteiger partial charge on any atom is 0.156 e. The zero-order valence-electron chi connectivity index (χ0n) is 15.4. The molecule has 3 heterocycles. The Balaban J connectivity index is 1.71. The molecule has 3 aromatic carbocycles. The fourth-order valence-corrected chi connectivity index (χ4v) is 5.20. The summed E-state index contributed by atoms with van der Waals surface area (Å²) in [5.74, 6) is 4.87. The molecule has 6 rings (SSSR count). The largest absolute Gasteiger partial charge is 0.453 e. The van der Waals surface area contributed by atoms with Crippen molar-refractivity contribution in [1.82, 2.24) is 0 Å². The second-order valence-corrected chi connectivity index (χ2v) is 9.20. The van der Waals surface area contributed by atoms with Gasteiger partial charge in [-0.2, -0.15) is 0 Å². The molecular weight excluding hydrogens is 410 g/mol. The van der Waals surface area contributed by atoms with Crippen LogP contribution in [0.25, 0.3) is 0 Å². The normalized spacial score (nSPS) is 14.0. The van der Waals surface area contributed by atoms with Crippen LogP contribution in [-0.2, 0) is 0 Å². The van der Waals surface area contributed by atoms with Crippen LogP contribution in [0.3, 0.4) is 0 Å². The molecule has 0 unspecified atom stereocenters. The number of benzene rings is 3. The Morgan fingerprint density at radius 2 is 0.750 bits per heavy atom. The molecule has 0 aliphatic carbocycles. The van der Waals surface area contributed by atoms with Crippen molar-refractivity contribution >= 4 is 52.3 Å². The molecule has 0 saturated carbocycles. The Morgan fingerprint density at radius 1 is 0.500 bits per heavy atom. The van der Waals surface area contributed by atoms with Crippen LogP contribution < -0.4 is 19.1 Å². The molecule has 0 atom stereocenters. The molecule has 0 aromatic heterocycles. The molecular formula is C21H15NO3S3. The fraction of sp³-hybridized carbons (Fsp3) is 0.143. The van der Waals surface area contributed by atoms with Crippen LogP contribution >= 0.6 is 35.3 Å². The predicted octanol–water partition coefficient (Wildman–Crippen LogP) is 7.64. The quantitative estimate of drug-likeness (QED) is 0.269. The smallest absolute Gasteiger partial charge is 0.156 e. The molecule has 3 aliphatic rings. The highest BCUT2D eigenvalue weighted by Gasteiger charge is 2.42. The maximum atomic E-state index is 6.35. The first-order chi connectivity index (χ1) is 13.7. The molecule has 0 bridgehead atoms. The first-order valence-corrected chi connectivity index (χ1v) is 12.4. The van der Waals surface area contributed by atoms with E-state index in [0.29, 0.717) is 0 Å². The minimum absolute atomic E-state index is 0.811. The van der Waals surface area contributed by atoms with Gasteiger partial charge in [0, 0.05) is 14.7 Å². The van der Waals surface area contributed by atoms with Gasteiger partial charge in [-0.05, 0) is 55.2 Å². The number of nitrogens with zero attached hydrogens (tertiary/aromatic N) is 1. The summed E-state index contributed by atoms with van der Waals surface area (Å²) in [6.45, 7) is 0. The predicted molar refractivity (Wildman–Crippen MR) is 117 cm³/mol. The highest BCUT2D eigenvalue weighted by atomic mass is 32.2. The fourth-order valence-electron chi connectivity index (χ4n) is 3.85. The summed E-state index contributed by atoms with van der Waals surface area (Å²) in [6.07, 6.45) is 6.18. The third kappa shape index (κ3) is 2.18. The van der Waals surface area contributed by atoms with E-state index in [1.165, 1.54) is 0 Å².